The van der Waals surface area contributed by atoms with Gasteiger partial charge in [-0.2, -0.15) is 13.2 Å². The smallest absolute Gasteiger partial charge is 0.389 e. The van der Waals surface area contributed by atoms with Crippen molar-refractivity contribution in [3.05, 3.63) is 36.0 Å². The molecular weight excluding hydrogens is 301 g/mol. The van der Waals surface area contributed by atoms with Gasteiger partial charge in [0, 0.05) is 35.8 Å². The predicted octanol–water partition coefficient (Wildman–Crippen LogP) is 3.24. The van der Waals surface area contributed by atoms with E-state index < -0.39 is 12.8 Å². The maximum absolute atomic E-state index is 11.9. The average Bonchev–Trinajstić information content (AvgIpc) is 2.79. The number of hydrogen-bond donors (Lipinski definition) is 1. The van der Waals surface area contributed by atoms with Gasteiger partial charge in [0.2, 0.25) is 0 Å². The Morgan fingerprint density at radius 1 is 1.29 bits per heavy atom. The van der Waals surface area contributed by atoms with Crippen molar-refractivity contribution in [3.63, 3.8) is 0 Å². The van der Waals surface area contributed by atoms with Gasteiger partial charge in [-0.3, -0.25) is 0 Å². The minimum atomic E-state index is -4.27. The maximum Gasteiger partial charge on any atom is 0.411 e. The fourth-order valence-corrected chi connectivity index (χ4v) is 2.20. The quantitative estimate of drug-likeness (QED) is 0.657. The van der Waals surface area contributed by atoms with Crippen LogP contribution in [0.15, 0.2) is 30.5 Å². The van der Waals surface area contributed by atoms with Crippen molar-refractivity contribution in [2.75, 3.05) is 13.2 Å². The first kappa shape index (κ1) is 15.8. The standard InChI is InChI=1S/C14H15F3N2OS/c15-14(16,17)9-20-7-1-5-19-6-4-10-8-11(13(18)21)2-3-12(10)19/h2-4,6,8H,1,5,7,9H2,(H2,18,21). The zero-order valence-corrected chi connectivity index (χ0v) is 12.0. The second kappa shape index (κ2) is 6.44. The van der Waals surface area contributed by atoms with Crippen LogP contribution in [-0.2, 0) is 11.3 Å². The Morgan fingerprint density at radius 3 is 2.71 bits per heavy atom. The summed E-state index contributed by atoms with van der Waals surface area (Å²) in [7, 11) is 0. The van der Waals surface area contributed by atoms with E-state index in [1.165, 1.54) is 0 Å². The highest BCUT2D eigenvalue weighted by atomic mass is 32.1. The van der Waals surface area contributed by atoms with E-state index in [9.17, 15) is 13.2 Å². The molecule has 0 aliphatic heterocycles. The molecule has 0 aliphatic carbocycles. The molecule has 114 valence electrons. The highest BCUT2D eigenvalue weighted by Crippen LogP contribution is 2.18. The van der Waals surface area contributed by atoms with Gasteiger partial charge in [0.15, 0.2) is 0 Å². The molecule has 0 bridgehead atoms. The molecule has 0 unspecified atom stereocenters. The highest BCUT2D eigenvalue weighted by molar-refractivity contribution is 7.80. The molecule has 1 heterocycles. The molecule has 3 nitrogen and oxygen atoms in total. The third-order valence-electron chi connectivity index (χ3n) is 3.01. The number of halogens is 3. The maximum atomic E-state index is 11.9. The van der Waals surface area contributed by atoms with Gasteiger partial charge in [-0.25, -0.2) is 0 Å². The SMILES string of the molecule is NC(=S)c1ccc2c(ccn2CCCOCC(F)(F)F)c1. The van der Waals surface area contributed by atoms with Gasteiger partial charge < -0.3 is 15.0 Å². The summed E-state index contributed by atoms with van der Waals surface area (Å²) in [4.78, 5) is 0.338. The summed E-state index contributed by atoms with van der Waals surface area (Å²) in [5.41, 5.74) is 7.36. The van der Waals surface area contributed by atoms with E-state index >= 15 is 0 Å². The van der Waals surface area contributed by atoms with Gasteiger partial charge >= 0.3 is 6.18 Å². The lowest BCUT2D eigenvalue weighted by Gasteiger charge is -2.09. The number of benzene rings is 1. The van der Waals surface area contributed by atoms with Crippen molar-refractivity contribution in [2.24, 2.45) is 5.73 Å². The average molecular weight is 316 g/mol. The molecule has 21 heavy (non-hydrogen) atoms. The first-order valence-electron chi connectivity index (χ1n) is 6.40. The molecular formula is C14H15F3N2OS. The van der Waals surface area contributed by atoms with Gasteiger partial charge in [0.25, 0.3) is 0 Å². The molecule has 2 N–H and O–H groups in total. The van der Waals surface area contributed by atoms with E-state index in [2.05, 4.69) is 4.74 Å². The number of nitrogens with zero attached hydrogens (tertiary/aromatic N) is 1. The van der Waals surface area contributed by atoms with Crippen LogP contribution < -0.4 is 5.73 Å². The molecule has 0 saturated heterocycles. The van der Waals surface area contributed by atoms with Gasteiger partial charge in [-0.1, -0.05) is 12.2 Å². The van der Waals surface area contributed by atoms with E-state index in [-0.39, 0.29) is 6.61 Å². The van der Waals surface area contributed by atoms with Crippen LogP contribution in [0.5, 0.6) is 0 Å². The summed E-state index contributed by atoms with van der Waals surface area (Å²) < 4.78 is 42.3. The second-order valence-electron chi connectivity index (χ2n) is 4.67. The van der Waals surface area contributed by atoms with Gasteiger partial charge in [-0.15, -0.1) is 0 Å². The number of ether oxygens (including phenoxy) is 1. The molecule has 0 radical (unpaired) electrons. The molecule has 1 aromatic carbocycles. The topological polar surface area (TPSA) is 40.2 Å². The molecule has 2 rings (SSSR count). The molecule has 0 fully saturated rings. The number of aromatic nitrogens is 1. The van der Waals surface area contributed by atoms with E-state index in [1.807, 2.05) is 35.0 Å². The Morgan fingerprint density at radius 2 is 2.05 bits per heavy atom. The summed E-state index contributed by atoms with van der Waals surface area (Å²) in [5.74, 6) is 0. The number of nitrogens with two attached hydrogens (primary N) is 1. The van der Waals surface area contributed by atoms with Gasteiger partial charge in [0.05, 0.1) is 0 Å². The fourth-order valence-electron chi connectivity index (χ4n) is 2.07. The molecule has 7 heteroatoms. The van der Waals surface area contributed by atoms with Crippen LogP contribution in [0.3, 0.4) is 0 Å². The highest BCUT2D eigenvalue weighted by Gasteiger charge is 2.27. The third kappa shape index (κ3) is 4.44. The predicted molar refractivity (Wildman–Crippen MR) is 79.3 cm³/mol. The molecule has 0 aliphatic rings. The van der Waals surface area contributed by atoms with Crippen molar-refractivity contribution < 1.29 is 17.9 Å². The van der Waals surface area contributed by atoms with Crippen LogP contribution >= 0.6 is 12.2 Å². The Hall–Kier alpha value is -1.60. The number of hydrogen-bond acceptors (Lipinski definition) is 2. The fraction of sp³-hybridized carbons (Fsp3) is 0.357. The molecule has 0 spiro atoms. The minimum absolute atomic E-state index is 0.0736. The van der Waals surface area contributed by atoms with Crippen LogP contribution in [0.1, 0.15) is 12.0 Å². The van der Waals surface area contributed by atoms with Crippen molar-refractivity contribution in [3.8, 4) is 0 Å². The lowest BCUT2D eigenvalue weighted by atomic mass is 10.1. The van der Waals surface area contributed by atoms with Crippen molar-refractivity contribution in [1.29, 1.82) is 0 Å². The Kier molecular flexibility index (Phi) is 4.84. The summed E-state index contributed by atoms with van der Waals surface area (Å²) in [6.07, 6.45) is -1.87. The number of rotatable bonds is 6. The second-order valence-corrected chi connectivity index (χ2v) is 5.11. The number of alkyl halides is 3. The number of thiocarbonyl (C=S) groups is 1. The van der Waals surface area contributed by atoms with E-state index in [0.717, 1.165) is 16.5 Å². The minimum Gasteiger partial charge on any atom is -0.389 e. The summed E-state index contributed by atoms with van der Waals surface area (Å²) in [5, 5.41) is 0.997. The largest absolute Gasteiger partial charge is 0.411 e. The summed E-state index contributed by atoms with van der Waals surface area (Å²) in [6, 6.07) is 7.56. The third-order valence-corrected chi connectivity index (χ3v) is 3.24. The Bertz CT molecular complexity index is 637. The Labute approximate surface area is 125 Å². The zero-order chi connectivity index (χ0) is 15.5. The zero-order valence-electron chi connectivity index (χ0n) is 11.2. The normalized spacial score (nSPS) is 12.0. The molecule has 1 aromatic heterocycles. The lowest BCUT2D eigenvalue weighted by molar-refractivity contribution is -0.174. The van der Waals surface area contributed by atoms with Crippen molar-refractivity contribution in [1.82, 2.24) is 4.57 Å². The van der Waals surface area contributed by atoms with Crippen molar-refractivity contribution in [2.45, 2.75) is 19.1 Å². The first-order chi connectivity index (χ1) is 9.87. The Balaban J connectivity index is 1.92. The van der Waals surface area contributed by atoms with Gasteiger partial charge in [0.1, 0.15) is 11.6 Å². The molecule has 2 aromatic rings. The molecule has 0 atom stereocenters. The summed E-state index contributed by atoms with van der Waals surface area (Å²) in [6.45, 7) is -0.533. The van der Waals surface area contributed by atoms with E-state index in [1.54, 1.807) is 0 Å². The molecule has 0 amide bonds. The van der Waals surface area contributed by atoms with Gasteiger partial charge in [-0.05, 0) is 30.7 Å². The number of fused-ring (bicyclic) bond motifs is 1. The van der Waals surface area contributed by atoms with Crippen LogP contribution in [0.4, 0.5) is 13.2 Å². The van der Waals surface area contributed by atoms with Crippen LogP contribution in [0, 0.1) is 0 Å². The lowest BCUT2D eigenvalue weighted by Crippen LogP contribution is -2.17. The molecule has 0 saturated carbocycles. The van der Waals surface area contributed by atoms with Crippen LogP contribution in [-0.4, -0.2) is 28.9 Å². The number of aryl methyl sites for hydroxylation is 1. The van der Waals surface area contributed by atoms with Crippen molar-refractivity contribution >= 4 is 28.1 Å². The monoisotopic (exact) mass is 316 g/mol. The van der Waals surface area contributed by atoms with Crippen LogP contribution in [0.2, 0.25) is 0 Å². The van der Waals surface area contributed by atoms with Crippen LogP contribution in [0.25, 0.3) is 10.9 Å². The van der Waals surface area contributed by atoms with E-state index in [0.29, 0.717) is 18.0 Å². The van der Waals surface area contributed by atoms with E-state index in [4.69, 9.17) is 18.0 Å². The first-order valence-corrected chi connectivity index (χ1v) is 6.81. The summed E-state index contributed by atoms with van der Waals surface area (Å²) >= 11 is 4.92.